The lowest BCUT2D eigenvalue weighted by molar-refractivity contribution is 0.414. The van der Waals surface area contributed by atoms with Crippen LogP contribution in [0.2, 0.25) is 0 Å². The molecule has 0 aliphatic heterocycles. The van der Waals surface area contributed by atoms with Crippen LogP contribution in [0.5, 0.6) is 0 Å². The van der Waals surface area contributed by atoms with Gasteiger partial charge in [-0.3, -0.25) is 4.40 Å². The largest absolute Gasteiger partial charge is 0.306 e. The van der Waals surface area contributed by atoms with Crippen molar-refractivity contribution in [3.8, 4) is 0 Å². The number of rotatable bonds is 5. The molecule has 1 aliphatic rings. The second kappa shape index (κ2) is 5.56. The van der Waals surface area contributed by atoms with Crippen LogP contribution in [0.25, 0.3) is 4.96 Å². The zero-order valence-electron chi connectivity index (χ0n) is 11.7. The molecule has 116 valence electrons. The third kappa shape index (κ3) is 2.66. The fourth-order valence-electron chi connectivity index (χ4n) is 2.93. The molecule has 21 heavy (non-hydrogen) atoms. The summed E-state index contributed by atoms with van der Waals surface area (Å²) in [4.78, 5) is 4.77. The van der Waals surface area contributed by atoms with Crippen molar-refractivity contribution < 1.29 is 8.42 Å². The monoisotopic (exact) mass is 329 g/mol. The summed E-state index contributed by atoms with van der Waals surface area (Å²) in [5, 5.41) is 1.87. The highest BCUT2D eigenvalue weighted by Crippen LogP contribution is 2.31. The first-order valence-corrected chi connectivity index (χ1v) is 9.31. The molecule has 4 N–H and O–H groups in total. The van der Waals surface area contributed by atoms with Gasteiger partial charge in [0.25, 0.3) is 10.0 Å². The summed E-state index contributed by atoms with van der Waals surface area (Å²) in [5.74, 6) is 6.54. The van der Waals surface area contributed by atoms with Crippen LogP contribution in [0, 0.1) is 11.8 Å². The number of hydrazine groups is 1. The highest BCUT2D eigenvalue weighted by Gasteiger charge is 2.29. The second-order valence-electron chi connectivity index (χ2n) is 5.49. The van der Waals surface area contributed by atoms with Crippen LogP contribution < -0.4 is 16.0 Å². The molecule has 1 saturated carbocycles. The maximum Gasteiger partial charge on any atom is 0.260 e. The Morgan fingerprint density at radius 2 is 2.33 bits per heavy atom. The van der Waals surface area contributed by atoms with Crippen molar-refractivity contribution in [1.29, 1.82) is 0 Å². The second-order valence-corrected chi connectivity index (χ2v) is 8.04. The number of nitrogens with two attached hydrogens (primary N) is 1. The molecule has 0 aromatic carbocycles. The molecule has 3 rings (SSSR count). The third-order valence-electron chi connectivity index (χ3n) is 4.18. The van der Waals surface area contributed by atoms with Gasteiger partial charge in [-0.2, -0.15) is 4.98 Å². The van der Waals surface area contributed by atoms with Gasteiger partial charge in [-0.1, -0.05) is 19.8 Å². The number of hydrogen-bond acceptors (Lipinski definition) is 6. The Kier molecular flexibility index (Phi) is 3.91. The summed E-state index contributed by atoms with van der Waals surface area (Å²) in [6.45, 7) is 2.64. The van der Waals surface area contributed by atoms with E-state index in [1.807, 2.05) is 0 Å². The van der Waals surface area contributed by atoms with Crippen LogP contribution in [0.15, 0.2) is 16.6 Å². The summed E-state index contributed by atoms with van der Waals surface area (Å²) < 4.78 is 29.4. The first-order valence-electron chi connectivity index (χ1n) is 6.95. The van der Waals surface area contributed by atoms with Gasteiger partial charge in [0.15, 0.2) is 10.8 Å². The standard InChI is InChI=1S/C12H19N5O2S2/c1-8-3-2-4-9(8)7-14-21(18,19)11-10(16-13)15-12-17(11)5-6-20-12/h5-6,8-9,14,16H,2-4,7,13H2,1H3. The Morgan fingerprint density at radius 1 is 1.52 bits per heavy atom. The molecule has 0 bridgehead atoms. The van der Waals surface area contributed by atoms with E-state index in [4.69, 9.17) is 5.84 Å². The van der Waals surface area contributed by atoms with Gasteiger partial charge in [0.05, 0.1) is 0 Å². The fraction of sp³-hybridized carbons (Fsp3) is 0.583. The van der Waals surface area contributed by atoms with E-state index < -0.39 is 10.0 Å². The summed E-state index contributed by atoms with van der Waals surface area (Å²) in [6, 6.07) is 0. The predicted molar refractivity (Wildman–Crippen MR) is 82.6 cm³/mol. The number of hydrogen-bond donors (Lipinski definition) is 3. The van der Waals surface area contributed by atoms with E-state index in [-0.39, 0.29) is 10.8 Å². The van der Waals surface area contributed by atoms with Crippen LogP contribution in [0.3, 0.4) is 0 Å². The molecule has 9 heteroatoms. The van der Waals surface area contributed by atoms with Crippen molar-refractivity contribution in [2.75, 3.05) is 12.0 Å². The molecule has 2 atom stereocenters. The topological polar surface area (TPSA) is 102 Å². The Balaban J connectivity index is 1.87. The summed E-state index contributed by atoms with van der Waals surface area (Å²) in [5.41, 5.74) is 2.37. The molecule has 0 radical (unpaired) electrons. The number of nitrogen functional groups attached to an aromatic ring is 1. The minimum absolute atomic E-state index is 0.0758. The Hall–Kier alpha value is -1.16. The van der Waals surface area contributed by atoms with Crippen LogP contribution in [0.1, 0.15) is 26.2 Å². The van der Waals surface area contributed by atoms with E-state index in [0.29, 0.717) is 23.3 Å². The van der Waals surface area contributed by atoms with Gasteiger partial charge < -0.3 is 5.43 Å². The summed E-state index contributed by atoms with van der Waals surface area (Å²) in [7, 11) is -3.65. The number of aromatic nitrogens is 2. The Morgan fingerprint density at radius 3 is 3.00 bits per heavy atom. The number of thiazole rings is 1. The molecule has 7 nitrogen and oxygen atoms in total. The minimum atomic E-state index is -3.65. The average Bonchev–Trinajstić information content (AvgIpc) is 3.10. The van der Waals surface area contributed by atoms with E-state index in [2.05, 4.69) is 22.1 Å². The van der Waals surface area contributed by atoms with E-state index in [0.717, 1.165) is 6.42 Å². The van der Waals surface area contributed by atoms with Gasteiger partial charge in [-0.25, -0.2) is 19.0 Å². The van der Waals surface area contributed by atoms with Gasteiger partial charge in [0.1, 0.15) is 0 Å². The third-order valence-corrected chi connectivity index (χ3v) is 6.39. The molecule has 2 aromatic heterocycles. The molecule has 1 fully saturated rings. The van der Waals surface area contributed by atoms with E-state index >= 15 is 0 Å². The molecule has 2 unspecified atom stereocenters. The number of imidazole rings is 1. The van der Waals surface area contributed by atoms with Crippen molar-refractivity contribution in [3.63, 3.8) is 0 Å². The predicted octanol–water partition coefficient (Wildman–Crippen LogP) is 1.40. The summed E-state index contributed by atoms with van der Waals surface area (Å²) in [6.07, 6.45) is 5.10. The molecule has 2 heterocycles. The van der Waals surface area contributed by atoms with Gasteiger partial charge in [-0.05, 0) is 18.3 Å². The SMILES string of the molecule is CC1CCCC1CNS(=O)(=O)c1c(NN)nc2sccn12. The molecular weight excluding hydrogens is 310 g/mol. The number of fused-ring (bicyclic) bond motifs is 1. The van der Waals surface area contributed by atoms with Crippen LogP contribution in [0.4, 0.5) is 5.82 Å². The van der Waals surface area contributed by atoms with Crippen molar-refractivity contribution in [3.05, 3.63) is 11.6 Å². The van der Waals surface area contributed by atoms with Crippen LogP contribution >= 0.6 is 11.3 Å². The number of nitrogens with one attached hydrogen (secondary N) is 2. The van der Waals surface area contributed by atoms with Crippen LogP contribution in [-0.2, 0) is 10.0 Å². The van der Waals surface area contributed by atoms with Crippen molar-refractivity contribution in [2.45, 2.75) is 31.2 Å². The lowest BCUT2D eigenvalue weighted by Gasteiger charge is -2.16. The average molecular weight is 329 g/mol. The maximum absolute atomic E-state index is 12.6. The van der Waals surface area contributed by atoms with Crippen molar-refractivity contribution in [2.24, 2.45) is 17.7 Å². The molecule has 0 spiro atoms. The van der Waals surface area contributed by atoms with Gasteiger partial charge >= 0.3 is 0 Å². The number of nitrogens with zero attached hydrogens (tertiary/aromatic N) is 2. The zero-order valence-corrected chi connectivity index (χ0v) is 13.4. The van der Waals surface area contributed by atoms with Gasteiger partial charge in [0.2, 0.25) is 5.03 Å². The van der Waals surface area contributed by atoms with Gasteiger partial charge in [0, 0.05) is 18.1 Å². The molecule has 2 aromatic rings. The van der Waals surface area contributed by atoms with Crippen molar-refractivity contribution in [1.82, 2.24) is 14.1 Å². The fourth-order valence-corrected chi connectivity index (χ4v) is 5.03. The quantitative estimate of drug-likeness (QED) is 0.568. The van der Waals surface area contributed by atoms with Crippen LogP contribution in [-0.4, -0.2) is 24.3 Å². The molecular formula is C12H19N5O2S2. The smallest absolute Gasteiger partial charge is 0.260 e. The van der Waals surface area contributed by atoms with E-state index in [9.17, 15) is 8.42 Å². The lowest BCUT2D eigenvalue weighted by atomic mass is 9.99. The molecule has 0 amide bonds. The van der Waals surface area contributed by atoms with E-state index in [1.54, 1.807) is 16.0 Å². The number of sulfonamides is 1. The minimum Gasteiger partial charge on any atom is -0.306 e. The Labute approximate surface area is 127 Å². The molecule has 1 aliphatic carbocycles. The maximum atomic E-state index is 12.6. The van der Waals surface area contributed by atoms with Crippen molar-refractivity contribution >= 4 is 32.1 Å². The zero-order chi connectivity index (χ0) is 15.0. The van der Waals surface area contributed by atoms with Gasteiger partial charge in [-0.15, -0.1) is 11.3 Å². The first-order chi connectivity index (χ1) is 10.0. The lowest BCUT2D eigenvalue weighted by Crippen LogP contribution is -2.31. The molecule has 0 saturated heterocycles. The first kappa shape index (κ1) is 14.8. The highest BCUT2D eigenvalue weighted by atomic mass is 32.2. The highest BCUT2D eigenvalue weighted by molar-refractivity contribution is 7.89. The summed E-state index contributed by atoms with van der Waals surface area (Å²) >= 11 is 1.36. The number of anilines is 1. The Bertz CT molecular complexity index is 736. The van der Waals surface area contributed by atoms with E-state index in [1.165, 1.54) is 24.2 Å². The normalized spacial score (nSPS) is 23.0.